The number of aryl methyl sites for hydroxylation is 1. The third-order valence-electron chi connectivity index (χ3n) is 4.82. The van der Waals surface area contributed by atoms with Crippen molar-refractivity contribution in [2.24, 2.45) is 0 Å². The Labute approximate surface area is 167 Å². The van der Waals surface area contributed by atoms with E-state index >= 15 is 0 Å². The Morgan fingerprint density at radius 1 is 1.00 bits per heavy atom. The highest BCUT2D eigenvalue weighted by molar-refractivity contribution is 7.99. The molecule has 1 aliphatic heterocycles. The molecule has 1 aromatic heterocycles. The summed E-state index contributed by atoms with van der Waals surface area (Å²) in [6.07, 6.45) is 0. The lowest BCUT2D eigenvalue weighted by Crippen LogP contribution is -2.36. The van der Waals surface area contributed by atoms with Gasteiger partial charge in [0.1, 0.15) is 11.4 Å². The minimum Gasteiger partial charge on any atom is -0.374 e. The molecule has 3 aromatic rings. The molecule has 0 saturated carbocycles. The van der Waals surface area contributed by atoms with Gasteiger partial charge in [-0.1, -0.05) is 6.07 Å². The minimum absolute atomic E-state index is 0.319. The molecule has 28 heavy (non-hydrogen) atoms. The van der Waals surface area contributed by atoms with Gasteiger partial charge in [-0.25, -0.2) is 0 Å². The van der Waals surface area contributed by atoms with Crippen LogP contribution >= 0.6 is 11.8 Å². The molecule has 0 aliphatic carbocycles. The summed E-state index contributed by atoms with van der Waals surface area (Å²) < 4.78 is 0. The van der Waals surface area contributed by atoms with Crippen LogP contribution in [-0.4, -0.2) is 29.6 Å². The highest BCUT2D eigenvalue weighted by Crippen LogP contribution is 2.25. The van der Waals surface area contributed by atoms with Crippen LogP contribution < -0.4 is 26.4 Å². The zero-order valence-electron chi connectivity index (χ0n) is 15.7. The molecule has 0 amide bonds. The molecule has 2 heterocycles. The third-order valence-corrected chi connectivity index (χ3v) is 5.76. The first kappa shape index (κ1) is 18.6. The zero-order valence-corrected chi connectivity index (χ0v) is 16.5. The second-order valence-corrected chi connectivity index (χ2v) is 8.03. The first-order chi connectivity index (χ1) is 13.6. The first-order valence-corrected chi connectivity index (χ1v) is 10.5. The summed E-state index contributed by atoms with van der Waals surface area (Å²) in [6.45, 7) is 4.42. The third kappa shape index (κ3) is 3.89. The summed E-state index contributed by atoms with van der Waals surface area (Å²) in [5, 5.41) is 6.14. The summed E-state index contributed by atoms with van der Waals surface area (Å²) in [4.78, 5) is 30.8. The average Bonchev–Trinajstić information content (AvgIpc) is 2.74. The summed E-state index contributed by atoms with van der Waals surface area (Å²) in [5.74, 6) is 2.29. The van der Waals surface area contributed by atoms with Crippen molar-refractivity contribution < 1.29 is 0 Å². The number of aromatic nitrogens is 1. The molecule has 0 unspecified atom stereocenters. The lowest BCUT2D eigenvalue weighted by atomic mass is 10.1. The van der Waals surface area contributed by atoms with E-state index in [0.29, 0.717) is 17.9 Å². The summed E-state index contributed by atoms with van der Waals surface area (Å²) in [5.41, 5.74) is 3.37. The maximum absolute atomic E-state index is 12.0. The smallest absolute Gasteiger partial charge is 0.253 e. The predicted molar refractivity (Wildman–Crippen MR) is 117 cm³/mol. The van der Waals surface area contributed by atoms with Crippen LogP contribution in [0.1, 0.15) is 11.4 Å². The Kier molecular flexibility index (Phi) is 5.34. The van der Waals surface area contributed by atoms with E-state index in [-0.39, 0.29) is 0 Å². The number of nitrogens with one attached hydrogen (secondary N) is 2. The van der Waals surface area contributed by atoms with E-state index in [2.05, 4.69) is 20.5 Å². The van der Waals surface area contributed by atoms with Crippen LogP contribution in [0.3, 0.4) is 0 Å². The second kappa shape index (κ2) is 8.06. The van der Waals surface area contributed by atoms with E-state index < -0.39 is 10.9 Å². The highest BCUT2D eigenvalue weighted by atomic mass is 32.2. The van der Waals surface area contributed by atoms with Crippen LogP contribution in [0.2, 0.25) is 0 Å². The average molecular weight is 395 g/mol. The van der Waals surface area contributed by atoms with Crippen LogP contribution in [-0.2, 0) is 6.54 Å². The fourth-order valence-corrected chi connectivity index (χ4v) is 4.18. The van der Waals surface area contributed by atoms with Crippen LogP contribution in [0.25, 0.3) is 0 Å². The maximum atomic E-state index is 12.0. The molecule has 0 bridgehead atoms. The highest BCUT2D eigenvalue weighted by Gasteiger charge is 2.21. The van der Waals surface area contributed by atoms with Gasteiger partial charge >= 0.3 is 0 Å². The summed E-state index contributed by atoms with van der Waals surface area (Å²) >= 11 is 1.98. The van der Waals surface area contributed by atoms with E-state index in [0.717, 1.165) is 41.7 Å². The largest absolute Gasteiger partial charge is 0.374 e. The van der Waals surface area contributed by atoms with Gasteiger partial charge in [-0.05, 0) is 43.3 Å². The van der Waals surface area contributed by atoms with E-state index in [1.165, 1.54) is 5.69 Å². The molecule has 0 atom stereocenters. The SMILES string of the molecule is Cc1cccc(CNc2c(Nc3ccc(N4CCSCC4)cc3)c(=O)c2=O)n1. The summed E-state index contributed by atoms with van der Waals surface area (Å²) in [7, 11) is 0. The number of hydrogen-bond acceptors (Lipinski definition) is 7. The molecule has 6 nitrogen and oxygen atoms in total. The molecule has 2 aromatic carbocycles. The predicted octanol–water partition coefficient (Wildman–Crippen LogP) is 2.89. The minimum atomic E-state index is -0.489. The number of pyridine rings is 1. The molecule has 0 spiro atoms. The molecule has 0 radical (unpaired) electrons. The number of anilines is 4. The topological polar surface area (TPSA) is 74.3 Å². The van der Waals surface area contributed by atoms with Gasteiger partial charge in [-0.3, -0.25) is 14.6 Å². The number of rotatable bonds is 6. The van der Waals surface area contributed by atoms with E-state index in [9.17, 15) is 9.59 Å². The Hall–Kier alpha value is -2.80. The van der Waals surface area contributed by atoms with Crippen LogP contribution in [0.5, 0.6) is 0 Å². The fraction of sp³-hybridized carbons (Fsp3) is 0.286. The monoisotopic (exact) mass is 394 g/mol. The van der Waals surface area contributed by atoms with E-state index in [4.69, 9.17) is 0 Å². The lowest BCUT2D eigenvalue weighted by molar-refractivity contribution is 0.859. The van der Waals surface area contributed by atoms with Crippen molar-refractivity contribution in [3.05, 3.63) is 74.3 Å². The molecular formula is C21H22N4O2S. The molecule has 1 aliphatic rings. The van der Waals surface area contributed by atoms with Crippen LogP contribution in [0, 0.1) is 6.92 Å². The van der Waals surface area contributed by atoms with Crippen molar-refractivity contribution in [1.29, 1.82) is 0 Å². The molecule has 144 valence electrons. The van der Waals surface area contributed by atoms with Gasteiger partial charge < -0.3 is 15.5 Å². The van der Waals surface area contributed by atoms with Crippen molar-refractivity contribution >= 4 is 34.5 Å². The quantitative estimate of drug-likeness (QED) is 0.623. The van der Waals surface area contributed by atoms with Crippen molar-refractivity contribution in [2.75, 3.05) is 40.1 Å². The van der Waals surface area contributed by atoms with Crippen molar-refractivity contribution in [3.8, 4) is 0 Å². The Bertz CT molecular complexity index is 1040. The molecule has 1 fully saturated rings. The van der Waals surface area contributed by atoms with Crippen LogP contribution in [0.15, 0.2) is 52.1 Å². The van der Waals surface area contributed by atoms with Crippen molar-refractivity contribution in [1.82, 2.24) is 4.98 Å². The number of nitrogens with zero attached hydrogens (tertiary/aromatic N) is 2. The Balaban J connectivity index is 1.44. The molecule has 7 heteroatoms. The fourth-order valence-electron chi connectivity index (χ4n) is 3.28. The van der Waals surface area contributed by atoms with E-state index in [1.807, 2.05) is 61.2 Å². The molecule has 1 saturated heterocycles. The zero-order chi connectivity index (χ0) is 19.5. The first-order valence-electron chi connectivity index (χ1n) is 9.31. The lowest BCUT2D eigenvalue weighted by Gasteiger charge is -2.28. The normalized spacial score (nSPS) is 14.2. The van der Waals surface area contributed by atoms with Crippen LogP contribution in [0.4, 0.5) is 22.7 Å². The van der Waals surface area contributed by atoms with Gasteiger partial charge in [0, 0.05) is 41.7 Å². The molecule has 4 rings (SSSR count). The van der Waals surface area contributed by atoms with E-state index in [1.54, 1.807) is 0 Å². The van der Waals surface area contributed by atoms with Gasteiger partial charge in [0.25, 0.3) is 10.9 Å². The molecular weight excluding hydrogens is 372 g/mol. The van der Waals surface area contributed by atoms with Gasteiger partial charge in [-0.2, -0.15) is 11.8 Å². The standard InChI is InChI=1S/C21H22N4O2S/c1-14-3-2-4-16(23-14)13-22-18-19(21(27)20(18)26)24-15-5-7-17(8-6-15)25-9-11-28-12-10-25/h2-8,22,24H,9-13H2,1H3. The second-order valence-electron chi connectivity index (χ2n) is 6.80. The van der Waals surface area contributed by atoms with Crippen molar-refractivity contribution in [3.63, 3.8) is 0 Å². The number of benzene rings is 1. The Morgan fingerprint density at radius 2 is 1.71 bits per heavy atom. The molecule has 2 N–H and O–H groups in total. The van der Waals surface area contributed by atoms with Gasteiger partial charge in [-0.15, -0.1) is 0 Å². The Morgan fingerprint density at radius 3 is 2.43 bits per heavy atom. The van der Waals surface area contributed by atoms with Gasteiger partial charge in [0.05, 0.1) is 12.2 Å². The maximum Gasteiger partial charge on any atom is 0.253 e. The number of thioether (sulfide) groups is 1. The summed E-state index contributed by atoms with van der Waals surface area (Å²) in [6, 6.07) is 13.7. The number of hydrogen-bond donors (Lipinski definition) is 2. The van der Waals surface area contributed by atoms with Crippen molar-refractivity contribution in [2.45, 2.75) is 13.5 Å². The van der Waals surface area contributed by atoms with Gasteiger partial charge in [0.2, 0.25) is 0 Å². The van der Waals surface area contributed by atoms with Gasteiger partial charge in [0.15, 0.2) is 0 Å².